The predicted octanol–water partition coefficient (Wildman–Crippen LogP) is 2.80. The van der Waals surface area contributed by atoms with Crippen LogP contribution in [0.5, 0.6) is 0 Å². The Labute approximate surface area is 123 Å². The first-order valence-electron chi connectivity index (χ1n) is 6.56. The molecule has 0 aromatic heterocycles. The van der Waals surface area contributed by atoms with Crippen LogP contribution in [0.1, 0.15) is 38.8 Å². The molecule has 0 aliphatic carbocycles. The van der Waals surface area contributed by atoms with E-state index >= 15 is 0 Å². The Morgan fingerprint density at radius 2 is 2.05 bits per heavy atom. The number of aliphatic hydroxyl groups excluding tert-OH is 1. The summed E-state index contributed by atoms with van der Waals surface area (Å²) >= 11 is 0. The summed E-state index contributed by atoms with van der Waals surface area (Å²) in [4.78, 5) is 23.1. The summed E-state index contributed by atoms with van der Waals surface area (Å²) in [5.74, 6) is 0. The van der Waals surface area contributed by atoms with Crippen LogP contribution in [0.15, 0.2) is 24.3 Å². The molecule has 1 aromatic rings. The van der Waals surface area contributed by atoms with E-state index in [1.54, 1.807) is 26.8 Å². The van der Waals surface area contributed by atoms with Crippen molar-refractivity contribution in [1.82, 2.24) is 4.90 Å². The monoisotopic (exact) mass is 296 g/mol. The van der Waals surface area contributed by atoms with Crippen LogP contribution in [-0.4, -0.2) is 38.3 Å². The highest BCUT2D eigenvalue weighted by molar-refractivity contribution is 5.67. The van der Waals surface area contributed by atoms with Crippen molar-refractivity contribution in [3.05, 3.63) is 39.9 Å². The van der Waals surface area contributed by atoms with Gasteiger partial charge in [0, 0.05) is 24.3 Å². The summed E-state index contributed by atoms with van der Waals surface area (Å²) in [6, 6.07) is 5.20. The minimum Gasteiger partial charge on any atom is -0.465 e. The zero-order chi connectivity index (χ0) is 16.2. The van der Waals surface area contributed by atoms with Gasteiger partial charge in [0.05, 0.1) is 11.0 Å². The molecule has 1 unspecified atom stereocenters. The molecule has 0 radical (unpaired) electrons. The third-order valence-electron chi connectivity index (χ3n) is 3.11. The van der Waals surface area contributed by atoms with Crippen molar-refractivity contribution in [2.45, 2.75) is 38.8 Å². The molecule has 0 heterocycles. The molecule has 1 rings (SSSR count). The number of hydrogen-bond donors (Lipinski definition) is 2. The number of carbonyl (C=O) groups is 1. The first-order chi connectivity index (χ1) is 9.68. The summed E-state index contributed by atoms with van der Waals surface area (Å²) in [6.45, 7) is 5.00. The Bertz CT molecular complexity index is 524. The second-order valence-electron chi connectivity index (χ2n) is 5.70. The number of amides is 1. The molecule has 0 aliphatic rings. The Morgan fingerprint density at radius 1 is 1.43 bits per heavy atom. The van der Waals surface area contributed by atoms with Crippen molar-refractivity contribution in [3.63, 3.8) is 0 Å². The molecule has 1 aromatic carbocycles. The number of carboxylic acid groups (broad SMARTS) is 1. The van der Waals surface area contributed by atoms with Crippen LogP contribution in [-0.2, 0) is 0 Å². The summed E-state index contributed by atoms with van der Waals surface area (Å²) in [5, 5.41) is 29.5. The minimum absolute atomic E-state index is 0.102. The molecule has 1 amide bonds. The third-order valence-corrected chi connectivity index (χ3v) is 3.11. The van der Waals surface area contributed by atoms with Crippen LogP contribution < -0.4 is 0 Å². The molecular weight excluding hydrogens is 276 g/mol. The molecule has 0 saturated carbocycles. The second kappa shape index (κ2) is 6.53. The van der Waals surface area contributed by atoms with Crippen LogP contribution in [0.4, 0.5) is 10.5 Å². The zero-order valence-electron chi connectivity index (χ0n) is 12.3. The molecule has 0 spiro atoms. The van der Waals surface area contributed by atoms with E-state index in [1.807, 2.05) is 0 Å². The molecule has 116 valence electrons. The number of nitrogens with zero attached hydrogens (tertiary/aromatic N) is 2. The Kier molecular flexibility index (Phi) is 5.26. The molecule has 0 aliphatic heterocycles. The van der Waals surface area contributed by atoms with Gasteiger partial charge in [-0.1, -0.05) is 12.1 Å². The number of benzene rings is 1. The molecule has 7 nitrogen and oxygen atoms in total. The number of nitro benzene ring substituents is 1. The van der Waals surface area contributed by atoms with Gasteiger partial charge in [-0.2, -0.15) is 0 Å². The average molecular weight is 296 g/mol. The van der Waals surface area contributed by atoms with Crippen molar-refractivity contribution >= 4 is 11.8 Å². The van der Waals surface area contributed by atoms with Gasteiger partial charge in [0.2, 0.25) is 0 Å². The molecule has 21 heavy (non-hydrogen) atoms. The maximum Gasteiger partial charge on any atom is 0.408 e. The van der Waals surface area contributed by atoms with Crippen LogP contribution in [0.25, 0.3) is 0 Å². The van der Waals surface area contributed by atoms with Crippen LogP contribution in [0.3, 0.4) is 0 Å². The van der Waals surface area contributed by atoms with E-state index in [4.69, 9.17) is 0 Å². The SMILES string of the molecule is CC(C)(C)N(C(=O)O)C(CCO)c1cccc([N+](=O)[O-])c1. The van der Waals surface area contributed by atoms with Gasteiger partial charge in [-0.05, 0) is 32.8 Å². The Balaban J connectivity index is 3.30. The normalized spacial score (nSPS) is 12.8. The Morgan fingerprint density at radius 3 is 2.48 bits per heavy atom. The average Bonchev–Trinajstić information content (AvgIpc) is 2.36. The van der Waals surface area contributed by atoms with Gasteiger partial charge in [0.1, 0.15) is 0 Å². The van der Waals surface area contributed by atoms with Gasteiger partial charge in [0.15, 0.2) is 0 Å². The van der Waals surface area contributed by atoms with Gasteiger partial charge in [-0.3, -0.25) is 15.0 Å². The van der Waals surface area contributed by atoms with Crippen molar-refractivity contribution in [1.29, 1.82) is 0 Å². The minimum atomic E-state index is -1.13. The second-order valence-corrected chi connectivity index (χ2v) is 5.70. The lowest BCUT2D eigenvalue weighted by molar-refractivity contribution is -0.385. The van der Waals surface area contributed by atoms with E-state index in [9.17, 15) is 25.1 Å². The van der Waals surface area contributed by atoms with Gasteiger partial charge in [0.25, 0.3) is 5.69 Å². The van der Waals surface area contributed by atoms with E-state index in [1.165, 1.54) is 23.1 Å². The lowest BCUT2D eigenvalue weighted by Gasteiger charge is -2.39. The molecule has 0 bridgehead atoms. The zero-order valence-corrected chi connectivity index (χ0v) is 12.3. The molecule has 2 N–H and O–H groups in total. The maximum absolute atomic E-state index is 11.6. The number of hydrogen-bond acceptors (Lipinski definition) is 4. The number of rotatable bonds is 5. The topological polar surface area (TPSA) is 104 Å². The highest BCUT2D eigenvalue weighted by Gasteiger charge is 2.34. The highest BCUT2D eigenvalue weighted by Crippen LogP contribution is 2.32. The molecule has 0 saturated heterocycles. The summed E-state index contributed by atoms with van der Waals surface area (Å²) < 4.78 is 0. The summed E-state index contributed by atoms with van der Waals surface area (Å²) in [6.07, 6.45) is -0.961. The quantitative estimate of drug-likeness (QED) is 0.642. The number of aliphatic hydroxyl groups is 1. The first kappa shape index (κ1) is 16.9. The largest absolute Gasteiger partial charge is 0.465 e. The predicted molar refractivity (Wildman–Crippen MR) is 77.2 cm³/mol. The van der Waals surface area contributed by atoms with Crippen molar-refractivity contribution < 1.29 is 19.9 Å². The van der Waals surface area contributed by atoms with E-state index in [0.717, 1.165) is 0 Å². The van der Waals surface area contributed by atoms with Gasteiger partial charge in [-0.25, -0.2) is 4.79 Å². The van der Waals surface area contributed by atoms with Crippen LogP contribution >= 0.6 is 0 Å². The van der Waals surface area contributed by atoms with Crippen LogP contribution in [0, 0.1) is 10.1 Å². The van der Waals surface area contributed by atoms with Crippen molar-refractivity contribution in [3.8, 4) is 0 Å². The Hall–Kier alpha value is -2.15. The lowest BCUT2D eigenvalue weighted by atomic mass is 9.96. The van der Waals surface area contributed by atoms with Gasteiger partial charge in [-0.15, -0.1) is 0 Å². The maximum atomic E-state index is 11.6. The fraction of sp³-hybridized carbons (Fsp3) is 0.500. The van der Waals surface area contributed by atoms with E-state index in [0.29, 0.717) is 5.56 Å². The molecular formula is C14H20N2O5. The molecule has 7 heteroatoms. The molecule has 0 fully saturated rings. The smallest absolute Gasteiger partial charge is 0.408 e. The van der Waals surface area contributed by atoms with Crippen molar-refractivity contribution in [2.75, 3.05) is 6.61 Å². The van der Waals surface area contributed by atoms with Crippen LogP contribution in [0.2, 0.25) is 0 Å². The van der Waals surface area contributed by atoms with Gasteiger partial charge >= 0.3 is 6.09 Å². The number of non-ortho nitro benzene ring substituents is 1. The fourth-order valence-corrected chi connectivity index (χ4v) is 2.30. The van der Waals surface area contributed by atoms with E-state index < -0.39 is 22.6 Å². The first-order valence-corrected chi connectivity index (χ1v) is 6.56. The fourth-order valence-electron chi connectivity index (χ4n) is 2.30. The summed E-state index contributed by atoms with van der Waals surface area (Å²) in [5.41, 5.74) is -0.304. The van der Waals surface area contributed by atoms with Crippen molar-refractivity contribution in [2.24, 2.45) is 0 Å². The lowest BCUT2D eigenvalue weighted by Crippen LogP contribution is -2.47. The summed E-state index contributed by atoms with van der Waals surface area (Å²) in [7, 11) is 0. The highest BCUT2D eigenvalue weighted by atomic mass is 16.6. The number of nitro groups is 1. The van der Waals surface area contributed by atoms with E-state index in [-0.39, 0.29) is 18.7 Å². The third kappa shape index (κ3) is 4.16. The standard InChI is InChI=1S/C14H20N2O5/c1-14(2,3)15(13(18)19)12(7-8-17)10-5-4-6-11(9-10)16(20)21/h4-6,9,12,17H,7-8H2,1-3H3,(H,18,19). The molecule has 1 atom stereocenters. The van der Waals surface area contributed by atoms with E-state index in [2.05, 4.69) is 0 Å². The van der Waals surface area contributed by atoms with Gasteiger partial charge < -0.3 is 10.2 Å².